The van der Waals surface area contributed by atoms with E-state index in [1.807, 2.05) is 0 Å². The molecule has 0 aliphatic heterocycles. The predicted octanol–water partition coefficient (Wildman–Crippen LogP) is 4.02. The normalized spacial score (nSPS) is 12.4. The van der Waals surface area contributed by atoms with Crippen molar-refractivity contribution in [3.63, 3.8) is 0 Å². The minimum Gasteiger partial charge on any atom is -0.398 e. The summed E-state index contributed by atoms with van der Waals surface area (Å²) in [5, 5.41) is 0.830. The van der Waals surface area contributed by atoms with Crippen molar-refractivity contribution in [1.82, 2.24) is 0 Å². The quantitative estimate of drug-likeness (QED) is 0.869. The molecule has 2 N–H and O–H groups in total. The molecule has 2 nitrogen and oxygen atoms in total. The fraction of sp³-hybridized carbons (Fsp3) is 0.0769. The molecule has 0 amide bonds. The maximum atomic E-state index is 13.6. The Morgan fingerprint density at radius 3 is 2.47 bits per heavy atom. The molecular formula is C13H10Cl2FNOS. The molecule has 0 radical (unpaired) electrons. The van der Waals surface area contributed by atoms with Gasteiger partial charge in [0.2, 0.25) is 0 Å². The molecule has 0 fully saturated rings. The Morgan fingerprint density at radius 2 is 1.74 bits per heavy atom. The van der Waals surface area contributed by atoms with Crippen molar-refractivity contribution in [3.05, 3.63) is 57.8 Å². The summed E-state index contributed by atoms with van der Waals surface area (Å²) < 4.78 is 25.8. The molecule has 0 aliphatic carbocycles. The van der Waals surface area contributed by atoms with Crippen LogP contribution in [0.2, 0.25) is 10.0 Å². The summed E-state index contributed by atoms with van der Waals surface area (Å²) in [5.41, 5.74) is 6.39. The van der Waals surface area contributed by atoms with E-state index in [4.69, 9.17) is 28.9 Å². The Morgan fingerprint density at radius 1 is 1.11 bits per heavy atom. The molecule has 100 valence electrons. The van der Waals surface area contributed by atoms with Crippen LogP contribution in [-0.4, -0.2) is 4.21 Å². The Kier molecular flexibility index (Phi) is 4.45. The molecule has 2 rings (SSSR count). The summed E-state index contributed by atoms with van der Waals surface area (Å²) in [6, 6.07) is 8.85. The van der Waals surface area contributed by atoms with Crippen LogP contribution in [0.1, 0.15) is 5.56 Å². The summed E-state index contributed by atoms with van der Waals surface area (Å²) in [5.74, 6) is -0.449. The average molecular weight is 318 g/mol. The zero-order valence-electron chi connectivity index (χ0n) is 9.70. The first kappa shape index (κ1) is 14.3. The lowest BCUT2D eigenvalue weighted by Gasteiger charge is -2.07. The van der Waals surface area contributed by atoms with Gasteiger partial charge in [-0.2, -0.15) is 0 Å². The van der Waals surface area contributed by atoms with E-state index in [1.54, 1.807) is 12.1 Å². The number of halogens is 3. The molecular weight excluding hydrogens is 308 g/mol. The minimum atomic E-state index is -1.48. The summed E-state index contributed by atoms with van der Waals surface area (Å²) in [6.45, 7) is 0. The van der Waals surface area contributed by atoms with E-state index in [1.165, 1.54) is 24.3 Å². The lowest BCUT2D eigenvalue weighted by molar-refractivity contribution is 0.615. The van der Waals surface area contributed by atoms with Gasteiger partial charge in [0.05, 0.1) is 21.4 Å². The second-order valence-corrected chi connectivity index (χ2v) is 6.20. The average Bonchev–Trinajstić information content (AvgIpc) is 2.36. The van der Waals surface area contributed by atoms with Crippen LogP contribution in [0.5, 0.6) is 0 Å². The molecule has 6 heteroatoms. The topological polar surface area (TPSA) is 43.1 Å². The van der Waals surface area contributed by atoms with Gasteiger partial charge in [0, 0.05) is 21.3 Å². The molecule has 0 aromatic heterocycles. The molecule has 0 spiro atoms. The van der Waals surface area contributed by atoms with E-state index in [0.717, 1.165) is 0 Å². The van der Waals surface area contributed by atoms with Gasteiger partial charge < -0.3 is 5.73 Å². The molecule has 0 saturated heterocycles. The van der Waals surface area contributed by atoms with Crippen LogP contribution < -0.4 is 5.73 Å². The number of nitrogen functional groups attached to an aromatic ring is 1. The molecule has 0 bridgehead atoms. The molecule has 0 heterocycles. The number of hydrogen-bond donors (Lipinski definition) is 1. The van der Waals surface area contributed by atoms with Gasteiger partial charge in [-0.05, 0) is 36.4 Å². The minimum absolute atomic E-state index is 0.00304. The SMILES string of the molecule is Nc1ccc(Cl)cc1S(=O)Cc1cc(Cl)ccc1F. The van der Waals surface area contributed by atoms with Gasteiger partial charge >= 0.3 is 0 Å². The van der Waals surface area contributed by atoms with Crippen molar-refractivity contribution >= 4 is 39.7 Å². The monoisotopic (exact) mass is 317 g/mol. The van der Waals surface area contributed by atoms with Crippen LogP contribution in [0.15, 0.2) is 41.3 Å². The maximum absolute atomic E-state index is 13.6. The van der Waals surface area contributed by atoms with E-state index in [2.05, 4.69) is 0 Å². The van der Waals surface area contributed by atoms with Crippen molar-refractivity contribution in [2.45, 2.75) is 10.6 Å². The molecule has 2 aromatic carbocycles. The van der Waals surface area contributed by atoms with Gasteiger partial charge in [0.25, 0.3) is 0 Å². The Bertz CT molecular complexity index is 649. The van der Waals surface area contributed by atoms with Crippen molar-refractivity contribution < 1.29 is 8.60 Å². The van der Waals surface area contributed by atoms with Crippen molar-refractivity contribution in [1.29, 1.82) is 0 Å². The standard InChI is InChI=1S/C13H10Cl2FNOS/c14-9-1-3-11(16)8(5-9)7-19(18)13-6-10(15)2-4-12(13)17/h1-6H,7,17H2. The number of anilines is 1. The van der Waals surface area contributed by atoms with Gasteiger partial charge in [-0.3, -0.25) is 4.21 Å². The van der Waals surface area contributed by atoms with E-state index < -0.39 is 16.6 Å². The molecule has 2 aromatic rings. The van der Waals surface area contributed by atoms with Gasteiger partial charge in [-0.25, -0.2) is 4.39 Å². The number of rotatable bonds is 3. The fourth-order valence-corrected chi connectivity index (χ4v) is 3.26. The number of hydrogen-bond acceptors (Lipinski definition) is 2. The van der Waals surface area contributed by atoms with E-state index >= 15 is 0 Å². The van der Waals surface area contributed by atoms with Gasteiger partial charge in [-0.1, -0.05) is 23.2 Å². The molecule has 0 saturated carbocycles. The first-order chi connectivity index (χ1) is 8.97. The Hall–Kier alpha value is -1.10. The number of benzene rings is 2. The smallest absolute Gasteiger partial charge is 0.127 e. The lowest BCUT2D eigenvalue weighted by atomic mass is 10.2. The van der Waals surface area contributed by atoms with Crippen molar-refractivity contribution in [3.8, 4) is 0 Å². The van der Waals surface area contributed by atoms with Crippen LogP contribution in [-0.2, 0) is 16.6 Å². The summed E-state index contributed by atoms with van der Waals surface area (Å²) in [7, 11) is -1.48. The first-order valence-corrected chi connectivity index (χ1v) is 7.42. The van der Waals surface area contributed by atoms with Crippen LogP contribution >= 0.6 is 23.2 Å². The van der Waals surface area contributed by atoms with E-state index in [-0.39, 0.29) is 11.3 Å². The van der Waals surface area contributed by atoms with Crippen LogP contribution in [0.4, 0.5) is 10.1 Å². The number of nitrogens with two attached hydrogens (primary N) is 1. The molecule has 19 heavy (non-hydrogen) atoms. The third-order valence-corrected chi connectivity index (χ3v) is 4.40. The largest absolute Gasteiger partial charge is 0.398 e. The lowest BCUT2D eigenvalue weighted by Crippen LogP contribution is -2.02. The highest BCUT2D eigenvalue weighted by Crippen LogP contribution is 2.24. The predicted molar refractivity (Wildman–Crippen MR) is 77.4 cm³/mol. The summed E-state index contributed by atoms with van der Waals surface area (Å²) >= 11 is 11.6. The molecule has 1 unspecified atom stereocenters. The van der Waals surface area contributed by atoms with Gasteiger partial charge in [-0.15, -0.1) is 0 Å². The van der Waals surface area contributed by atoms with E-state index in [0.29, 0.717) is 20.6 Å². The van der Waals surface area contributed by atoms with Gasteiger partial charge in [0.1, 0.15) is 5.82 Å². The third-order valence-electron chi connectivity index (χ3n) is 2.52. The summed E-state index contributed by atoms with van der Waals surface area (Å²) in [4.78, 5) is 0.395. The molecule has 1 atom stereocenters. The zero-order valence-corrected chi connectivity index (χ0v) is 12.0. The van der Waals surface area contributed by atoms with Gasteiger partial charge in [0.15, 0.2) is 0 Å². The second-order valence-electron chi connectivity index (χ2n) is 3.91. The second kappa shape index (κ2) is 5.90. The summed E-state index contributed by atoms with van der Waals surface area (Å²) in [6.07, 6.45) is 0. The fourth-order valence-electron chi connectivity index (χ4n) is 1.58. The maximum Gasteiger partial charge on any atom is 0.127 e. The van der Waals surface area contributed by atoms with Crippen LogP contribution in [0.25, 0.3) is 0 Å². The third kappa shape index (κ3) is 3.47. The van der Waals surface area contributed by atoms with E-state index in [9.17, 15) is 8.60 Å². The van der Waals surface area contributed by atoms with Crippen molar-refractivity contribution in [2.24, 2.45) is 0 Å². The Labute approximate surface area is 122 Å². The highest BCUT2D eigenvalue weighted by Gasteiger charge is 2.12. The Balaban J connectivity index is 2.30. The highest BCUT2D eigenvalue weighted by molar-refractivity contribution is 7.84. The molecule has 0 aliphatic rings. The van der Waals surface area contributed by atoms with Crippen LogP contribution in [0.3, 0.4) is 0 Å². The van der Waals surface area contributed by atoms with Crippen LogP contribution in [0, 0.1) is 5.82 Å². The van der Waals surface area contributed by atoms with Crippen molar-refractivity contribution in [2.75, 3.05) is 5.73 Å². The first-order valence-electron chi connectivity index (χ1n) is 5.34. The zero-order chi connectivity index (χ0) is 14.0. The highest BCUT2D eigenvalue weighted by atomic mass is 35.5.